The first-order valence-corrected chi connectivity index (χ1v) is 16.2. The Morgan fingerprint density at radius 2 is 1.49 bits per heavy atom. The third kappa shape index (κ3) is 12.5. The fraction of sp³-hybridized carbons (Fsp3) is 0.618. The Hall–Kier alpha value is -2.12. The van der Waals surface area contributed by atoms with Gasteiger partial charge in [-0.2, -0.15) is 0 Å². The van der Waals surface area contributed by atoms with E-state index in [0.29, 0.717) is 6.42 Å². The summed E-state index contributed by atoms with van der Waals surface area (Å²) >= 11 is 6.28. The molecule has 1 unspecified atom stereocenters. The van der Waals surface area contributed by atoms with Crippen LogP contribution in [0.5, 0.6) is 0 Å². The van der Waals surface area contributed by atoms with Crippen LogP contribution in [0.4, 0.5) is 0 Å². The molecule has 3 aliphatic heterocycles. The highest BCUT2D eigenvalue weighted by Crippen LogP contribution is 2.30. The lowest BCUT2D eigenvalue weighted by atomic mass is 10.00. The minimum atomic E-state index is -1.21. The predicted molar refractivity (Wildman–Crippen MR) is 170 cm³/mol. The van der Waals surface area contributed by atoms with E-state index in [-0.39, 0.29) is 19.3 Å². The average molecular weight is 653 g/mol. The molecular formula is C34H49ClO10. The second-order valence-corrected chi connectivity index (χ2v) is 12.0. The van der Waals surface area contributed by atoms with E-state index in [2.05, 4.69) is 19.1 Å². The van der Waals surface area contributed by atoms with Crippen LogP contribution in [0, 0.1) is 0 Å². The van der Waals surface area contributed by atoms with E-state index in [1.165, 1.54) is 6.08 Å². The van der Waals surface area contributed by atoms with Gasteiger partial charge in [-0.1, -0.05) is 73.8 Å². The molecule has 0 aromatic heterocycles. The Morgan fingerprint density at radius 3 is 2.18 bits per heavy atom. The number of alkyl halides is 1. The summed E-state index contributed by atoms with van der Waals surface area (Å²) in [4.78, 5) is 12.7. The van der Waals surface area contributed by atoms with Crippen molar-refractivity contribution in [2.45, 2.75) is 132 Å². The average Bonchev–Trinajstić information content (AvgIpc) is 3.00. The molecule has 0 aliphatic carbocycles. The van der Waals surface area contributed by atoms with E-state index in [9.17, 15) is 25.2 Å². The molecule has 11 heteroatoms. The number of allylic oxidation sites excluding steroid dienone is 10. The zero-order chi connectivity index (χ0) is 32.8. The quantitative estimate of drug-likeness (QED) is 0.112. The molecule has 0 radical (unpaired) electrons. The van der Waals surface area contributed by atoms with Gasteiger partial charge in [-0.3, -0.25) is 4.79 Å². The standard InChI is InChI=1S/C34H49ClO10/c1-4-5-6-7-8-9-10-11-12-13-14-15-28-34(25(36)18-16-24(35)17-19-29(39)43-28)45-31-21-27(38)33(23(3)42-31)44-30-20-26(37)32(40)22(2)41-30/h5-6,8-16,18,22-28,30-34,36-38,40H,4,7,17,19-21H2,1-3H3/b6-5-,9-8-,11-10+,13-12+,15-14-,18-16-/t22-,23+,24+,25-,26-,27+,28+,30+,31-,32+,33-,34?/m1/s1. The molecule has 4 N–H and O–H groups in total. The lowest BCUT2D eigenvalue weighted by Crippen LogP contribution is -2.55. The molecule has 3 heterocycles. The lowest BCUT2D eigenvalue weighted by Gasteiger charge is -2.43. The largest absolute Gasteiger partial charge is 0.455 e. The topological polar surface area (TPSA) is 144 Å². The smallest absolute Gasteiger partial charge is 0.306 e. The molecule has 10 nitrogen and oxygen atoms in total. The SMILES string of the molecule is CC/C=C\C\C=C/C=C/C=C/C=C\[C@@H]1OC(=O)CC[C@@H](Cl)/C=C\[C@@H](O)C1O[C@@H]1C[C@H](O)[C@H](O[C@H]2C[C@@H](O)[C@@H](O)[C@@H](C)O2)[C@H](C)O1. The van der Waals surface area contributed by atoms with E-state index >= 15 is 0 Å². The van der Waals surface area contributed by atoms with Gasteiger partial charge in [-0.15, -0.1) is 11.6 Å². The number of ether oxygens (including phenoxy) is 5. The number of carbonyl (C=O) groups excluding carboxylic acids is 1. The molecule has 0 aromatic rings. The van der Waals surface area contributed by atoms with Crippen molar-refractivity contribution in [2.24, 2.45) is 0 Å². The first kappa shape index (κ1) is 37.3. The summed E-state index contributed by atoms with van der Waals surface area (Å²) in [7, 11) is 0. The number of cyclic esters (lactones) is 1. The molecule has 0 saturated carbocycles. The summed E-state index contributed by atoms with van der Waals surface area (Å²) in [5.41, 5.74) is 0. The second kappa shape index (κ2) is 19.5. The van der Waals surface area contributed by atoms with E-state index in [1.807, 2.05) is 30.4 Å². The van der Waals surface area contributed by atoms with Gasteiger partial charge in [-0.05, 0) is 39.2 Å². The zero-order valence-electron chi connectivity index (χ0n) is 26.2. The van der Waals surface area contributed by atoms with Crippen molar-refractivity contribution < 1.29 is 48.9 Å². The van der Waals surface area contributed by atoms with Crippen LogP contribution in [-0.4, -0.2) is 99.3 Å². The molecule has 0 spiro atoms. The molecular weight excluding hydrogens is 604 g/mol. The van der Waals surface area contributed by atoms with Crippen molar-refractivity contribution in [3.8, 4) is 0 Å². The van der Waals surface area contributed by atoms with Crippen LogP contribution in [0.15, 0.2) is 72.9 Å². The minimum Gasteiger partial charge on any atom is -0.455 e. The summed E-state index contributed by atoms with van der Waals surface area (Å²) < 4.78 is 29.5. The predicted octanol–water partition coefficient (Wildman–Crippen LogP) is 3.92. The number of rotatable bonds is 11. The number of hydrogen-bond donors (Lipinski definition) is 4. The second-order valence-electron chi connectivity index (χ2n) is 11.4. The van der Waals surface area contributed by atoms with Crippen LogP contribution >= 0.6 is 11.6 Å². The van der Waals surface area contributed by atoms with E-state index < -0.39 is 78.9 Å². The summed E-state index contributed by atoms with van der Waals surface area (Å²) in [5.74, 6) is -0.488. The van der Waals surface area contributed by atoms with Crippen molar-refractivity contribution in [2.75, 3.05) is 0 Å². The molecule has 2 saturated heterocycles. The molecule has 2 fully saturated rings. The highest BCUT2D eigenvalue weighted by molar-refractivity contribution is 6.21. The van der Waals surface area contributed by atoms with Crippen molar-refractivity contribution in [3.63, 3.8) is 0 Å². The molecule has 0 amide bonds. The van der Waals surface area contributed by atoms with E-state index in [0.717, 1.165) is 12.8 Å². The van der Waals surface area contributed by atoms with Crippen LogP contribution in [0.25, 0.3) is 0 Å². The normalized spacial score (nSPS) is 39.8. The molecule has 252 valence electrons. The summed E-state index contributed by atoms with van der Waals surface area (Å²) in [5, 5.41) is 41.7. The summed E-state index contributed by atoms with van der Waals surface area (Å²) in [6.07, 6.45) is 14.2. The maximum atomic E-state index is 12.7. The highest BCUT2D eigenvalue weighted by atomic mass is 35.5. The Morgan fingerprint density at radius 1 is 0.844 bits per heavy atom. The van der Waals surface area contributed by atoms with Gasteiger partial charge < -0.3 is 44.1 Å². The van der Waals surface area contributed by atoms with Gasteiger partial charge in [0.1, 0.15) is 30.5 Å². The Labute approximate surface area is 271 Å². The fourth-order valence-corrected chi connectivity index (χ4v) is 5.37. The molecule has 0 aromatic carbocycles. The number of aliphatic hydroxyl groups is 4. The van der Waals surface area contributed by atoms with Gasteiger partial charge in [0.25, 0.3) is 0 Å². The maximum absolute atomic E-state index is 12.7. The lowest BCUT2D eigenvalue weighted by molar-refractivity contribution is -0.320. The van der Waals surface area contributed by atoms with Crippen LogP contribution in [0.3, 0.4) is 0 Å². The molecule has 3 rings (SSSR count). The number of carbonyl (C=O) groups is 1. The maximum Gasteiger partial charge on any atom is 0.306 e. The third-order valence-electron chi connectivity index (χ3n) is 7.67. The zero-order valence-corrected chi connectivity index (χ0v) is 27.0. The van der Waals surface area contributed by atoms with Gasteiger partial charge in [-0.25, -0.2) is 0 Å². The summed E-state index contributed by atoms with van der Waals surface area (Å²) in [6.45, 7) is 5.43. The highest BCUT2D eigenvalue weighted by Gasteiger charge is 2.43. The van der Waals surface area contributed by atoms with Crippen molar-refractivity contribution >= 4 is 17.6 Å². The Balaban J connectivity index is 1.68. The Bertz CT molecular complexity index is 1050. The van der Waals surface area contributed by atoms with Gasteiger partial charge in [0.15, 0.2) is 12.6 Å². The summed E-state index contributed by atoms with van der Waals surface area (Å²) in [6, 6.07) is 0. The molecule has 45 heavy (non-hydrogen) atoms. The van der Waals surface area contributed by atoms with Gasteiger partial charge in [0, 0.05) is 19.3 Å². The number of esters is 1. The number of aliphatic hydroxyl groups excluding tert-OH is 4. The first-order chi connectivity index (χ1) is 21.6. The van der Waals surface area contributed by atoms with Crippen molar-refractivity contribution in [1.29, 1.82) is 0 Å². The van der Waals surface area contributed by atoms with E-state index in [1.54, 1.807) is 38.2 Å². The van der Waals surface area contributed by atoms with Gasteiger partial charge >= 0.3 is 5.97 Å². The van der Waals surface area contributed by atoms with Crippen LogP contribution < -0.4 is 0 Å². The molecule has 12 atom stereocenters. The van der Waals surface area contributed by atoms with Crippen LogP contribution in [-0.2, 0) is 28.5 Å². The van der Waals surface area contributed by atoms with Crippen LogP contribution in [0.2, 0.25) is 0 Å². The minimum absolute atomic E-state index is 0.00957. The molecule has 0 bridgehead atoms. The first-order valence-electron chi connectivity index (χ1n) is 15.8. The molecule has 3 aliphatic rings. The Kier molecular flexibility index (Phi) is 16.2. The number of halogens is 1. The van der Waals surface area contributed by atoms with E-state index in [4.69, 9.17) is 35.3 Å². The fourth-order valence-electron chi connectivity index (χ4n) is 5.17. The van der Waals surface area contributed by atoms with Crippen molar-refractivity contribution in [1.82, 2.24) is 0 Å². The van der Waals surface area contributed by atoms with Crippen LogP contribution in [0.1, 0.15) is 59.3 Å². The third-order valence-corrected chi connectivity index (χ3v) is 8.04. The van der Waals surface area contributed by atoms with Crippen molar-refractivity contribution in [3.05, 3.63) is 72.9 Å². The number of hydrogen-bond acceptors (Lipinski definition) is 10. The van der Waals surface area contributed by atoms with Gasteiger partial charge in [0.2, 0.25) is 0 Å². The van der Waals surface area contributed by atoms with Gasteiger partial charge in [0.05, 0.1) is 29.8 Å². The monoisotopic (exact) mass is 652 g/mol.